The van der Waals surface area contributed by atoms with Crippen LogP contribution in [0, 0.1) is 5.82 Å². The van der Waals surface area contributed by atoms with E-state index >= 15 is 0 Å². The van der Waals surface area contributed by atoms with Crippen LogP contribution in [0.2, 0.25) is 0 Å². The Morgan fingerprint density at radius 3 is 2.67 bits per heavy atom. The van der Waals surface area contributed by atoms with Gasteiger partial charge in [-0.15, -0.1) is 0 Å². The van der Waals surface area contributed by atoms with Gasteiger partial charge in [0.2, 0.25) is 0 Å². The molecule has 0 heterocycles. The summed E-state index contributed by atoms with van der Waals surface area (Å²) in [5.41, 5.74) is 1.40. The van der Waals surface area contributed by atoms with Crippen LogP contribution in [0.1, 0.15) is 23.7 Å². The average molecular weight is 351 g/mol. The number of benzene rings is 2. The summed E-state index contributed by atoms with van der Waals surface area (Å²) >= 11 is 3.18. The van der Waals surface area contributed by atoms with Gasteiger partial charge in [0.05, 0.1) is 11.3 Å². The molecule has 3 nitrogen and oxygen atoms in total. The van der Waals surface area contributed by atoms with Crippen molar-refractivity contribution in [3.63, 3.8) is 0 Å². The molecule has 0 fully saturated rings. The summed E-state index contributed by atoms with van der Waals surface area (Å²) in [4.78, 5) is 12.3. The van der Waals surface area contributed by atoms with Gasteiger partial charge in [0, 0.05) is 16.7 Å². The van der Waals surface area contributed by atoms with E-state index in [2.05, 4.69) is 26.6 Å². The number of rotatable bonds is 5. The second-order valence-corrected chi connectivity index (χ2v) is 5.47. The molecule has 0 atom stereocenters. The van der Waals surface area contributed by atoms with E-state index in [1.165, 1.54) is 12.1 Å². The van der Waals surface area contributed by atoms with E-state index in [-0.39, 0.29) is 11.6 Å². The van der Waals surface area contributed by atoms with Crippen LogP contribution in [0.25, 0.3) is 0 Å². The molecule has 0 spiro atoms. The van der Waals surface area contributed by atoms with Crippen LogP contribution in [0.5, 0.6) is 0 Å². The van der Waals surface area contributed by atoms with E-state index in [0.717, 1.165) is 18.7 Å². The van der Waals surface area contributed by atoms with Crippen molar-refractivity contribution in [1.29, 1.82) is 0 Å². The maximum atomic E-state index is 13.8. The number of carbonyl (C=O) groups is 1. The van der Waals surface area contributed by atoms with Crippen molar-refractivity contribution in [2.45, 2.75) is 13.3 Å². The van der Waals surface area contributed by atoms with Gasteiger partial charge in [-0.2, -0.15) is 0 Å². The highest BCUT2D eigenvalue weighted by molar-refractivity contribution is 9.10. The first-order chi connectivity index (χ1) is 10.1. The molecule has 0 aliphatic rings. The summed E-state index contributed by atoms with van der Waals surface area (Å²) in [5, 5.41) is 5.79. The second-order valence-electron chi connectivity index (χ2n) is 4.55. The zero-order valence-electron chi connectivity index (χ0n) is 11.6. The third-order valence-corrected chi connectivity index (χ3v) is 3.41. The number of carbonyl (C=O) groups excluding carboxylic acids is 1. The van der Waals surface area contributed by atoms with Gasteiger partial charge >= 0.3 is 0 Å². The van der Waals surface area contributed by atoms with Crippen LogP contribution < -0.4 is 10.6 Å². The monoisotopic (exact) mass is 350 g/mol. The minimum Gasteiger partial charge on any atom is -0.384 e. The number of amides is 1. The van der Waals surface area contributed by atoms with Crippen LogP contribution in [-0.2, 0) is 0 Å². The zero-order valence-corrected chi connectivity index (χ0v) is 13.2. The molecule has 0 saturated carbocycles. The fraction of sp³-hybridized carbons (Fsp3) is 0.188. The highest BCUT2D eigenvalue weighted by atomic mass is 79.9. The highest BCUT2D eigenvalue weighted by Crippen LogP contribution is 2.22. The smallest absolute Gasteiger partial charge is 0.257 e. The summed E-state index contributed by atoms with van der Waals surface area (Å²) in [7, 11) is 0. The molecule has 0 saturated heterocycles. The quantitative estimate of drug-likeness (QED) is 0.823. The topological polar surface area (TPSA) is 41.1 Å². The van der Waals surface area contributed by atoms with Crippen molar-refractivity contribution >= 4 is 33.2 Å². The van der Waals surface area contributed by atoms with E-state index in [0.29, 0.717) is 10.0 Å². The number of hydrogen-bond donors (Lipinski definition) is 2. The molecule has 0 aliphatic heterocycles. The Morgan fingerprint density at radius 1 is 1.19 bits per heavy atom. The molecule has 2 aromatic carbocycles. The molecule has 1 amide bonds. The minimum absolute atomic E-state index is 0.161. The molecule has 2 aromatic rings. The first-order valence-corrected chi connectivity index (χ1v) is 7.50. The first kappa shape index (κ1) is 15.5. The van der Waals surface area contributed by atoms with Gasteiger partial charge in [-0.1, -0.05) is 35.0 Å². The molecule has 0 unspecified atom stereocenters. The standard InChI is InChI=1S/C16H16BrFN2O/c1-2-9-19-14-6-4-3-5-12(14)16(21)20-15-8-7-11(17)10-13(15)18/h3-8,10,19H,2,9H2,1H3,(H,20,21). The molecule has 21 heavy (non-hydrogen) atoms. The molecule has 0 bridgehead atoms. The van der Waals surface area contributed by atoms with Gasteiger partial charge in [0.15, 0.2) is 0 Å². The van der Waals surface area contributed by atoms with Crippen molar-refractivity contribution in [3.05, 3.63) is 58.3 Å². The number of para-hydroxylation sites is 1. The Morgan fingerprint density at radius 2 is 1.95 bits per heavy atom. The number of anilines is 2. The molecule has 0 aliphatic carbocycles. The third kappa shape index (κ3) is 4.04. The zero-order chi connectivity index (χ0) is 15.2. The molecule has 110 valence electrons. The number of halogens is 2. The molecule has 0 aromatic heterocycles. The maximum Gasteiger partial charge on any atom is 0.257 e. The maximum absolute atomic E-state index is 13.8. The molecular formula is C16H16BrFN2O. The summed E-state index contributed by atoms with van der Waals surface area (Å²) in [6.07, 6.45) is 0.956. The SMILES string of the molecule is CCCNc1ccccc1C(=O)Nc1ccc(Br)cc1F. The molecule has 5 heteroatoms. The largest absolute Gasteiger partial charge is 0.384 e. The van der Waals surface area contributed by atoms with Gasteiger partial charge < -0.3 is 10.6 Å². The number of hydrogen-bond acceptors (Lipinski definition) is 2. The average Bonchev–Trinajstić information content (AvgIpc) is 2.48. The van der Waals surface area contributed by atoms with Crippen molar-refractivity contribution < 1.29 is 9.18 Å². The van der Waals surface area contributed by atoms with Gasteiger partial charge in [-0.05, 0) is 36.8 Å². The van der Waals surface area contributed by atoms with Crippen LogP contribution in [0.4, 0.5) is 15.8 Å². The lowest BCUT2D eigenvalue weighted by Gasteiger charge is -2.12. The van der Waals surface area contributed by atoms with E-state index in [1.807, 2.05) is 19.1 Å². The molecule has 0 radical (unpaired) electrons. The molecule has 2 rings (SSSR count). The van der Waals surface area contributed by atoms with Crippen LogP contribution >= 0.6 is 15.9 Å². The van der Waals surface area contributed by atoms with Crippen molar-refractivity contribution in [2.75, 3.05) is 17.2 Å². The highest BCUT2D eigenvalue weighted by Gasteiger charge is 2.13. The van der Waals surface area contributed by atoms with Crippen molar-refractivity contribution in [2.24, 2.45) is 0 Å². The summed E-state index contributed by atoms with van der Waals surface area (Å²) in [5.74, 6) is -0.813. The van der Waals surface area contributed by atoms with E-state index in [4.69, 9.17) is 0 Å². The third-order valence-electron chi connectivity index (χ3n) is 2.92. The van der Waals surface area contributed by atoms with E-state index in [1.54, 1.807) is 18.2 Å². The normalized spacial score (nSPS) is 10.2. The van der Waals surface area contributed by atoms with Gasteiger partial charge in [-0.25, -0.2) is 4.39 Å². The van der Waals surface area contributed by atoms with E-state index in [9.17, 15) is 9.18 Å². The predicted octanol–water partition coefficient (Wildman–Crippen LogP) is 4.66. The Bertz CT molecular complexity index is 646. The molecule has 2 N–H and O–H groups in total. The lowest BCUT2D eigenvalue weighted by molar-refractivity contribution is 0.102. The van der Waals surface area contributed by atoms with Crippen LogP contribution in [0.15, 0.2) is 46.9 Å². The first-order valence-electron chi connectivity index (χ1n) is 6.71. The Kier molecular flexibility index (Phi) is 5.33. The summed E-state index contributed by atoms with van der Waals surface area (Å²) in [6.45, 7) is 2.82. The fourth-order valence-corrected chi connectivity index (χ4v) is 2.21. The minimum atomic E-state index is -0.475. The van der Waals surface area contributed by atoms with Gasteiger partial charge in [-0.3, -0.25) is 4.79 Å². The lowest BCUT2D eigenvalue weighted by Crippen LogP contribution is -2.15. The van der Waals surface area contributed by atoms with E-state index < -0.39 is 5.82 Å². The van der Waals surface area contributed by atoms with Gasteiger partial charge in [0.1, 0.15) is 5.82 Å². The molecular weight excluding hydrogens is 335 g/mol. The van der Waals surface area contributed by atoms with Crippen LogP contribution in [0.3, 0.4) is 0 Å². The summed E-state index contributed by atoms with van der Waals surface area (Å²) < 4.78 is 14.4. The lowest BCUT2D eigenvalue weighted by atomic mass is 10.1. The van der Waals surface area contributed by atoms with Gasteiger partial charge in [0.25, 0.3) is 5.91 Å². The predicted molar refractivity (Wildman–Crippen MR) is 87.3 cm³/mol. The summed E-state index contributed by atoms with van der Waals surface area (Å²) in [6, 6.07) is 11.7. The fourth-order valence-electron chi connectivity index (χ4n) is 1.88. The Hall–Kier alpha value is -1.88. The van der Waals surface area contributed by atoms with Crippen molar-refractivity contribution in [3.8, 4) is 0 Å². The number of nitrogens with one attached hydrogen (secondary N) is 2. The van der Waals surface area contributed by atoms with Crippen LogP contribution in [-0.4, -0.2) is 12.5 Å². The second kappa shape index (κ2) is 7.22. The van der Waals surface area contributed by atoms with Crippen molar-refractivity contribution in [1.82, 2.24) is 0 Å². The Labute approximate surface area is 131 Å². The Balaban J connectivity index is 2.20.